The number of hydrogen-bond acceptors (Lipinski definition) is 4. The number of amides is 1. The van der Waals surface area contributed by atoms with Crippen LogP contribution in [0.2, 0.25) is 0 Å². The largest absolute Gasteiger partial charge is 0.480 e. The topological polar surface area (TPSA) is 77.9 Å². The molecular weight excluding hydrogens is 358 g/mol. The molecule has 0 unspecified atom stereocenters. The lowest BCUT2D eigenvalue weighted by Gasteiger charge is -2.37. The monoisotopic (exact) mass is 382 g/mol. The lowest BCUT2D eigenvalue weighted by Crippen LogP contribution is -2.48. The van der Waals surface area contributed by atoms with Gasteiger partial charge in [-0.05, 0) is 37.6 Å². The normalized spacial score (nSPS) is 15.2. The Kier molecular flexibility index (Phi) is 7.41. The minimum Gasteiger partial charge on any atom is -0.480 e. The molecule has 1 heterocycles. The second-order valence-electron chi connectivity index (χ2n) is 6.62. The molecule has 27 heavy (non-hydrogen) atoms. The van der Waals surface area contributed by atoms with Gasteiger partial charge in [0.1, 0.15) is 0 Å². The fourth-order valence-corrected chi connectivity index (χ4v) is 3.35. The average Bonchev–Trinajstić information content (AvgIpc) is 2.66. The Hall–Kier alpha value is -2.35. The number of nitrogens with zero attached hydrogens (tertiary/aromatic N) is 2. The van der Waals surface area contributed by atoms with E-state index in [9.17, 15) is 23.2 Å². The molecule has 0 saturated carbocycles. The van der Waals surface area contributed by atoms with Crippen molar-refractivity contribution in [1.82, 2.24) is 9.80 Å². The molecule has 1 aromatic carbocycles. The summed E-state index contributed by atoms with van der Waals surface area (Å²) in [4.78, 5) is 38.8. The zero-order chi connectivity index (χ0) is 20.0. The van der Waals surface area contributed by atoms with Crippen molar-refractivity contribution < 1.29 is 28.3 Å². The maximum atomic E-state index is 13.2. The molecule has 1 N–H and O–H groups in total. The molecule has 0 atom stereocenters. The van der Waals surface area contributed by atoms with Crippen molar-refractivity contribution in [3.05, 3.63) is 35.4 Å². The Morgan fingerprint density at radius 3 is 2.37 bits per heavy atom. The number of carbonyl (C=O) groups excluding carboxylic acids is 2. The van der Waals surface area contributed by atoms with Crippen LogP contribution in [0.25, 0.3) is 0 Å². The van der Waals surface area contributed by atoms with Crippen LogP contribution in [-0.2, 0) is 9.59 Å². The molecular formula is C19H24F2N2O4. The predicted molar refractivity (Wildman–Crippen MR) is 94.4 cm³/mol. The van der Waals surface area contributed by atoms with Gasteiger partial charge in [0.05, 0.1) is 6.54 Å². The predicted octanol–water partition coefficient (Wildman–Crippen LogP) is 2.33. The highest BCUT2D eigenvalue weighted by Gasteiger charge is 2.27. The molecule has 1 aliphatic rings. The number of carboxylic acids is 1. The summed E-state index contributed by atoms with van der Waals surface area (Å²) in [6.45, 7) is 3.55. The maximum Gasteiger partial charge on any atom is 0.317 e. The first-order chi connectivity index (χ1) is 12.8. The van der Waals surface area contributed by atoms with Gasteiger partial charge in [0.25, 0.3) is 0 Å². The van der Waals surface area contributed by atoms with Gasteiger partial charge in [-0.15, -0.1) is 0 Å². The fourth-order valence-electron chi connectivity index (χ4n) is 3.35. The highest BCUT2D eigenvalue weighted by molar-refractivity contribution is 5.97. The number of piperidine rings is 1. The Morgan fingerprint density at radius 1 is 1.15 bits per heavy atom. The van der Waals surface area contributed by atoms with Gasteiger partial charge in [-0.25, -0.2) is 8.78 Å². The van der Waals surface area contributed by atoms with Crippen molar-refractivity contribution in [2.24, 2.45) is 0 Å². The van der Waals surface area contributed by atoms with E-state index in [1.165, 1.54) is 6.07 Å². The second kappa shape index (κ2) is 9.55. The third-order valence-electron chi connectivity index (χ3n) is 4.89. The fraction of sp³-hybridized carbons (Fsp3) is 0.526. The number of rotatable bonds is 8. The summed E-state index contributed by atoms with van der Waals surface area (Å²) < 4.78 is 26.1. The van der Waals surface area contributed by atoms with E-state index in [0.717, 1.165) is 12.1 Å². The van der Waals surface area contributed by atoms with Gasteiger partial charge in [-0.1, -0.05) is 6.92 Å². The molecule has 1 amide bonds. The van der Waals surface area contributed by atoms with Gasteiger partial charge >= 0.3 is 5.97 Å². The van der Waals surface area contributed by atoms with E-state index >= 15 is 0 Å². The van der Waals surface area contributed by atoms with Crippen LogP contribution in [0, 0.1) is 11.6 Å². The second-order valence-corrected chi connectivity index (χ2v) is 6.62. The van der Waals surface area contributed by atoms with Crippen LogP contribution in [0.4, 0.5) is 8.78 Å². The SMILES string of the molecule is CCN(CC(=O)O)C1CCN(C(=O)CCC(=O)c2ccc(F)c(F)c2)CC1. The number of benzene rings is 1. The number of hydrogen-bond donors (Lipinski definition) is 1. The van der Waals surface area contributed by atoms with Crippen LogP contribution < -0.4 is 0 Å². The Bertz CT molecular complexity index is 703. The van der Waals surface area contributed by atoms with Gasteiger partial charge in [-0.3, -0.25) is 19.3 Å². The maximum absolute atomic E-state index is 13.2. The summed E-state index contributed by atoms with van der Waals surface area (Å²) in [5.74, 6) is -3.54. The molecule has 1 saturated heterocycles. The van der Waals surface area contributed by atoms with Crippen molar-refractivity contribution in [3.63, 3.8) is 0 Å². The van der Waals surface area contributed by atoms with Gasteiger partial charge in [0, 0.05) is 37.5 Å². The molecule has 0 aliphatic carbocycles. The van der Waals surface area contributed by atoms with Crippen LogP contribution in [0.5, 0.6) is 0 Å². The van der Waals surface area contributed by atoms with Gasteiger partial charge in [0.2, 0.25) is 5.91 Å². The molecule has 0 radical (unpaired) electrons. The lowest BCUT2D eigenvalue weighted by molar-refractivity contribution is -0.140. The summed E-state index contributed by atoms with van der Waals surface area (Å²) in [5, 5.41) is 8.95. The van der Waals surface area contributed by atoms with E-state index in [1.54, 1.807) is 4.90 Å². The van der Waals surface area contributed by atoms with Crippen molar-refractivity contribution >= 4 is 17.7 Å². The summed E-state index contributed by atoms with van der Waals surface area (Å²) in [5.41, 5.74) is 0.0488. The van der Waals surface area contributed by atoms with Crippen molar-refractivity contribution in [2.45, 2.75) is 38.6 Å². The highest BCUT2D eigenvalue weighted by Crippen LogP contribution is 2.18. The van der Waals surface area contributed by atoms with Crippen LogP contribution in [0.1, 0.15) is 43.0 Å². The average molecular weight is 382 g/mol. The number of ketones is 1. The van der Waals surface area contributed by atoms with Gasteiger partial charge in [-0.2, -0.15) is 0 Å². The Morgan fingerprint density at radius 2 is 1.81 bits per heavy atom. The van der Waals surface area contributed by atoms with E-state index < -0.39 is 23.4 Å². The number of carboxylic acid groups (broad SMARTS) is 1. The van der Waals surface area contributed by atoms with E-state index in [0.29, 0.717) is 32.5 Å². The lowest BCUT2D eigenvalue weighted by atomic mass is 10.0. The number of halogens is 2. The standard InChI is InChI=1S/C19H24F2N2O4/c1-2-22(12-19(26)27)14-7-9-23(10-8-14)18(25)6-5-17(24)13-3-4-15(20)16(21)11-13/h3-4,11,14H,2,5-10,12H2,1H3,(H,26,27). The summed E-state index contributed by atoms with van der Waals surface area (Å²) >= 11 is 0. The smallest absolute Gasteiger partial charge is 0.317 e. The highest BCUT2D eigenvalue weighted by atomic mass is 19.2. The van der Waals surface area contributed by atoms with E-state index in [-0.39, 0.29) is 36.9 Å². The first kappa shape index (κ1) is 21.0. The molecule has 1 aliphatic heterocycles. The third kappa shape index (κ3) is 5.82. The molecule has 2 rings (SSSR count). The zero-order valence-electron chi connectivity index (χ0n) is 15.3. The molecule has 8 heteroatoms. The van der Waals surface area contributed by atoms with Crippen LogP contribution in [0.15, 0.2) is 18.2 Å². The zero-order valence-corrected chi connectivity index (χ0v) is 15.3. The number of likely N-dealkylation sites (N-methyl/N-ethyl adjacent to an activating group) is 1. The van der Waals surface area contributed by atoms with E-state index in [4.69, 9.17) is 5.11 Å². The Labute approximate surface area is 156 Å². The first-order valence-corrected chi connectivity index (χ1v) is 9.03. The number of likely N-dealkylation sites (tertiary alicyclic amines) is 1. The first-order valence-electron chi connectivity index (χ1n) is 9.03. The minimum atomic E-state index is -1.09. The Balaban J connectivity index is 1.81. The third-order valence-corrected chi connectivity index (χ3v) is 4.89. The quantitative estimate of drug-likeness (QED) is 0.698. The van der Waals surface area contributed by atoms with Crippen molar-refractivity contribution in [3.8, 4) is 0 Å². The number of Topliss-reactive ketones (excluding diaryl/α,β-unsaturated/α-hetero) is 1. The van der Waals surface area contributed by atoms with Crippen LogP contribution in [0.3, 0.4) is 0 Å². The summed E-state index contributed by atoms with van der Waals surface area (Å²) in [7, 11) is 0. The molecule has 0 bridgehead atoms. The van der Waals surface area contributed by atoms with Crippen molar-refractivity contribution in [2.75, 3.05) is 26.2 Å². The van der Waals surface area contributed by atoms with Gasteiger partial charge < -0.3 is 10.0 Å². The molecule has 1 aromatic rings. The van der Waals surface area contributed by atoms with Crippen LogP contribution in [-0.4, -0.2) is 64.8 Å². The molecule has 6 nitrogen and oxygen atoms in total. The minimum absolute atomic E-state index is 0.00904. The van der Waals surface area contributed by atoms with Gasteiger partial charge in [0.15, 0.2) is 17.4 Å². The number of aliphatic carboxylic acids is 1. The number of carbonyl (C=O) groups is 3. The van der Waals surface area contributed by atoms with Crippen LogP contribution >= 0.6 is 0 Å². The van der Waals surface area contributed by atoms with E-state index in [1.807, 2.05) is 11.8 Å². The molecule has 148 valence electrons. The molecule has 0 aromatic heterocycles. The summed E-state index contributed by atoms with van der Waals surface area (Å²) in [6, 6.07) is 3.07. The molecule has 1 fully saturated rings. The van der Waals surface area contributed by atoms with E-state index in [2.05, 4.69) is 0 Å². The van der Waals surface area contributed by atoms with Crippen molar-refractivity contribution in [1.29, 1.82) is 0 Å². The summed E-state index contributed by atoms with van der Waals surface area (Å²) in [6.07, 6.45) is 1.31. The molecule has 0 spiro atoms.